The number of thiazole rings is 1. The Labute approximate surface area is 157 Å². The second kappa shape index (κ2) is 7.79. The molecular weight excluding hydrogens is 374 g/mol. The lowest BCUT2D eigenvalue weighted by Crippen LogP contribution is -2.30. The van der Waals surface area contributed by atoms with Crippen LogP contribution in [0.3, 0.4) is 0 Å². The third kappa shape index (κ3) is 4.28. The van der Waals surface area contributed by atoms with Crippen LogP contribution in [0, 0.1) is 18.6 Å². The highest BCUT2D eigenvalue weighted by atomic mass is 32.1. The summed E-state index contributed by atoms with van der Waals surface area (Å²) < 4.78 is 27.5. The second-order valence-corrected chi connectivity index (χ2v) is 7.11. The van der Waals surface area contributed by atoms with Gasteiger partial charge in [0, 0.05) is 12.1 Å². The normalized spacial score (nSPS) is 10.9. The van der Waals surface area contributed by atoms with Crippen molar-refractivity contribution in [2.24, 2.45) is 0 Å². The summed E-state index contributed by atoms with van der Waals surface area (Å²) in [5, 5.41) is 9.27. The molecule has 5 nitrogen and oxygen atoms in total. The third-order valence-electron chi connectivity index (χ3n) is 3.95. The molecular formula is C19H16F2N2O3S. The number of hydrogen-bond acceptors (Lipinski definition) is 4. The van der Waals surface area contributed by atoms with E-state index in [1.165, 1.54) is 11.0 Å². The first kappa shape index (κ1) is 18.9. The van der Waals surface area contributed by atoms with Crippen molar-refractivity contribution in [3.63, 3.8) is 0 Å². The number of hydrogen-bond donors (Lipinski definition) is 1. The van der Waals surface area contributed by atoms with Crippen LogP contribution in [0.25, 0.3) is 10.2 Å². The van der Waals surface area contributed by atoms with Gasteiger partial charge in [0.25, 0.3) is 0 Å². The Morgan fingerprint density at radius 2 is 1.96 bits per heavy atom. The van der Waals surface area contributed by atoms with Crippen molar-refractivity contribution >= 4 is 39.1 Å². The number of halogens is 2. The molecule has 0 atom stereocenters. The summed E-state index contributed by atoms with van der Waals surface area (Å²) in [6, 6.07) is 9.59. The molecule has 2 aromatic carbocycles. The van der Waals surface area contributed by atoms with Gasteiger partial charge in [-0.3, -0.25) is 9.59 Å². The molecule has 0 saturated heterocycles. The monoisotopic (exact) mass is 390 g/mol. The summed E-state index contributed by atoms with van der Waals surface area (Å²) in [5.74, 6) is -3.36. The van der Waals surface area contributed by atoms with Gasteiger partial charge in [-0.05, 0) is 36.8 Å². The average molecular weight is 390 g/mol. The maximum atomic E-state index is 13.9. The van der Waals surface area contributed by atoms with E-state index in [1.807, 2.05) is 13.0 Å². The molecule has 1 heterocycles. The molecule has 0 fully saturated rings. The molecule has 1 aromatic heterocycles. The molecule has 0 aliphatic heterocycles. The molecule has 8 heteroatoms. The molecule has 0 saturated carbocycles. The van der Waals surface area contributed by atoms with Gasteiger partial charge in [-0.1, -0.05) is 12.1 Å². The summed E-state index contributed by atoms with van der Waals surface area (Å²) in [7, 11) is 0. The minimum Gasteiger partial charge on any atom is -0.481 e. The quantitative estimate of drug-likeness (QED) is 0.682. The van der Waals surface area contributed by atoms with E-state index < -0.39 is 17.6 Å². The van der Waals surface area contributed by atoms with Crippen molar-refractivity contribution in [1.82, 2.24) is 4.98 Å². The highest BCUT2D eigenvalue weighted by molar-refractivity contribution is 7.18. The highest BCUT2D eigenvalue weighted by Gasteiger charge is 2.20. The van der Waals surface area contributed by atoms with Crippen LogP contribution in [0.2, 0.25) is 0 Å². The Kier molecular flexibility index (Phi) is 5.46. The minimum atomic E-state index is -1.06. The zero-order valence-electron chi connectivity index (χ0n) is 14.4. The number of carbonyl (C=O) groups is 2. The van der Waals surface area contributed by atoms with Gasteiger partial charge in [-0.25, -0.2) is 13.8 Å². The lowest BCUT2D eigenvalue weighted by Gasteiger charge is -2.22. The molecule has 0 aliphatic rings. The number of carbonyl (C=O) groups excluding carboxylic acids is 1. The largest absolute Gasteiger partial charge is 0.481 e. The fourth-order valence-corrected chi connectivity index (χ4v) is 3.63. The van der Waals surface area contributed by atoms with E-state index in [-0.39, 0.29) is 30.0 Å². The molecule has 1 amide bonds. The lowest BCUT2D eigenvalue weighted by molar-refractivity contribution is -0.138. The van der Waals surface area contributed by atoms with Crippen LogP contribution in [-0.4, -0.2) is 22.0 Å². The fourth-order valence-electron chi connectivity index (χ4n) is 2.65. The topological polar surface area (TPSA) is 70.5 Å². The number of aliphatic carboxylic acids is 1. The van der Waals surface area contributed by atoms with Gasteiger partial charge in [0.15, 0.2) is 11.6 Å². The summed E-state index contributed by atoms with van der Waals surface area (Å²) in [4.78, 5) is 29.1. The van der Waals surface area contributed by atoms with Crippen molar-refractivity contribution in [3.8, 4) is 0 Å². The van der Waals surface area contributed by atoms with E-state index in [0.717, 1.165) is 23.0 Å². The number of aryl methyl sites for hydroxylation is 1. The number of carboxylic acid groups (broad SMARTS) is 1. The van der Waals surface area contributed by atoms with Crippen molar-refractivity contribution in [2.45, 2.75) is 26.3 Å². The van der Waals surface area contributed by atoms with Crippen molar-refractivity contribution < 1.29 is 23.5 Å². The molecule has 0 spiro atoms. The Morgan fingerprint density at radius 1 is 1.19 bits per heavy atom. The van der Waals surface area contributed by atoms with Crippen LogP contribution >= 0.6 is 11.3 Å². The number of nitrogens with zero attached hydrogens (tertiary/aromatic N) is 2. The van der Waals surface area contributed by atoms with Crippen molar-refractivity contribution in [1.29, 1.82) is 0 Å². The summed E-state index contributed by atoms with van der Waals surface area (Å²) in [6.07, 6.45) is -0.460. The first-order valence-electron chi connectivity index (χ1n) is 8.17. The second-order valence-electron chi connectivity index (χ2n) is 6.03. The molecule has 0 radical (unpaired) electrons. The van der Waals surface area contributed by atoms with E-state index in [1.54, 1.807) is 18.2 Å². The van der Waals surface area contributed by atoms with Crippen LogP contribution in [0.4, 0.5) is 14.5 Å². The van der Waals surface area contributed by atoms with Crippen LogP contribution in [0.15, 0.2) is 36.4 Å². The third-order valence-corrected chi connectivity index (χ3v) is 5.00. The van der Waals surface area contributed by atoms with Crippen LogP contribution < -0.4 is 4.90 Å². The van der Waals surface area contributed by atoms with Gasteiger partial charge in [0.05, 0.1) is 23.2 Å². The van der Waals surface area contributed by atoms with Crippen molar-refractivity contribution in [3.05, 3.63) is 58.6 Å². The SMILES string of the molecule is Cc1cccc(N(Cc2nc3ccc(F)c(F)c3s2)C(=O)CCC(=O)O)c1. The van der Waals surface area contributed by atoms with Crippen LogP contribution in [0.5, 0.6) is 0 Å². The summed E-state index contributed by atoms with van der Waals surface area (Å²) in [5.41, 5.74) is 1.84. The molecule has 3 rings (SSSR count). The van der Waals surface area contributed by atoms with Crippen LogP contribution in [-0.2, 0) is 16.1 Å². The number of amides is 1. The molecule has 1 N–H and O–H groups in total. The Balaban J connectivity index is 1.94. The van der Waals surface area contributed by atoms with E-state index in [2.05, 4.69) is 4.98 Å². The summed E-state index contributed by atoms with van der Waals surface area (Å²) in [6.45, 7) is 1.92. The first-order valence-corrected chi connectivity index (χ1v) is 8.99. The predicted octanol–water partition coefficient (Wildman–Crippen LogP) is 4.28. The van der Waals surface area contributed by atoms with E-state index in [9.17, 15) is 18.4 Å². The highest BCUT2D eigenvalue weighted by Crippen LogP contribution is 2.29. The molecule has 27 heavy (non-hydrogen) atoms. The zero-order valence-corrected chi connectivity index (χ0v) is 15.2. The van der Waals surface area contributed by atoms with E-state index in [4.69, 9.17) is 5.11 Å². The Morgan fingerprint density at radius 3 is 2.67 bits per heavy atom. The zero-order chi connectivity index (χ0) is 19.6. The number of anilines is 1. The summed E-state index contributed by atoms with van der Waals surface area (Å²) >= 11 is 0.971. The maximum Gasteiger partial charge on any atom is 0.303 e. The van der Waals surface area contributed by atoms with Crippen LogP contribution in [0.1, 0.15) is 23.4 Å². The Hall–Kier alpha value is -2.87. The van der Waals surface area contributed by atoms with Crippen molar-refractivity contribution in [2.75, 3.05) is 4.90 Å². The van der Waals surface area contributed by atoms with Gasteiger partial charge in [0.2, 0.25) is 5.91 Å². The van der Waals surface area contributed by atoms with Gasteiger partial charge >= 0.3 is 5.97 Å². The smallest absolute Gasteiger partial charge is 0.303 e. The molecule has 0 aliphatic carbocycles. The average Bonchev–Trinajstić information content (AvgIpc) is 3.04. The number of benzene rings is 2. The van der Waals surface area contributed by atoms with E-state index >= 15 is 0 Å². The molecule has 0 unspecified atom stereocenters. The molecule has 140 valence electrons. The van der Waals surface area contributed by atoms with E-state index in [0.29, 0.717) is 16.2 Å². The van der Waals surface area contributed by atoms with Gasteiger partial charge in [-0.15, -0.1) is 11.3 Å². The molecule has 3 aromatic rings. The van der Waals surface area contributed by atoms with Gasteiger partial charge in [-0.2, -0.15) is 0 Å². The first-order chi connectivity index (χ1) is 12.8. The number of fused-ring (bicyclic) bond motifs is 1. The number of carboxylic acids is 1. The minimum absolute atomic E-state index is 0.0440. The number of rotatable bonds is 6. The van der Waals surface area contributed by atoms with Gasteiger partial charge < -0.3 is 10.0 Å². The molecule has 0 bridgehead atoms. The number of aromatic nitrogens is 1. The van der Waals surface area contributed by atoms with Gasteiger partial charge in [0.1, 0.15) is 5.01 Å². The lowest BCUT2D eigenvalue weighted by atomic mass is 10.2. The predicted molar refractivity (Wildman–Crippen MR) is 98.8 cm³/mol. The maximum absolute atomic E-state index is 13.9. The standard InChI is InChI=1S/C19H16F2N2O3S/c1-11-3-2-4-12(9-11)23(16(24)7-8-17(25)26)10-15-22-14-6-5-13(20)18(21)19(14)27-15/h2-6,9H,7-8,10H2,1H3,(H,25,26). The Bertz CT molecular complexity index is 1020. The fraction of sp³-hybridized carbons (Fsp3) is 0.211.